The van der Waals surface area contributed by atoms with Crippen LogP contribution in [0.15, 0.2) is 30.3 Å². The van der Waals surface area contributed by atoms with Gasteiger partial charge in [0.25, 0.3) is 0 Å². The van der Waals surface area contributed by atoms with Crippen LogP contribution in [0, 0.1) is 13.8 Å². The fraction of sp³-hybridized carbons (Fsp3) is 0.353. The van der Waals surface area contributed by atoms with Gasteiger partial charge in [0.1, 0.15) is 5.82 Å². The molecule has 0 saturated heterocycles. The monoisotopic (exact) mass is 345 g/mol. The number of aryl methyl sites for hydroxylation is 2. The number of aliphatic hydroxyl groups excluding tert-OH is 1. The van der Waals surface area contributed by atoms with Gasteiger partial charge in [-0.25, -0.2) is 9.78 Å². The van der Waals surface area contributed by atoms with Crippen molar-refractivity contribution in [3.8, 4) is 0 Å². The lowest BCUT2D eigenvalue weighted by molar-refractivity contribution is 0.0992. The van der Waals surface area contributed by atoms with E-state index in [0.717, 1.165) is 11.3 Å². The zero-order chi connectivity index (χ0) is 18.1. The molecule has 0 bridgehead atoms. The number of ether oxygens (including phenoxy) is 1. The Kier molecular flexibility index (Phi) is 7.12. The van der Waals surface area contributed by atoms with Gasteiger partial charge in [0, 0.05) is 24.0 Å². The first-order valence-corrected chi connectivity index (χ1v) is 7.99. The van der Waals surface area contributed by atoms with Crippen molar-refractivity contribution >= 4 is 23.5 Å². The zero-order valence-corrected chi connectivity index (χ0v) is 14.4. The van der Waals surface area contributed by atoms with Crippen molar-refractivity contribution in [1.82, 2.24) is 9.97 Å². The number of urea groups is 1. The van der Waals surface area contributed by atoms with E-state index >= 15 is 0 Å². The van der Waals surface area contributed by atoms with Crippen molar-refractivity contribution in [3.05, 3.63) is 41.6 Å². The Bertz CT molecular complexity index is 708. The molecule has 1 heterocycles. The molecule has 4 N–H and O–H groups in total. The van der Waals surface area contributed by atoms with Crippen molar-refractivity contribution < 1.29 is 14.6 Å². The van der Waals surface area contributed by atoms with Crippen LogP contribution in [0.3, 0.4) is 0 Å². The number of amides is 2. The Balaban J connectivity index is 1.91. The van der Waals surface area contributed by atoms with E-state index in [1.54, 1.807) is 6.07 Å². The van der Waals surface area contributed by atoms with Crippen LogP contribution < -0.4 is 16.0 Å². The number of benzene rings is 1. The topological polar surface area (TPSA) is 108 Å². The number of aliphatic hydroxyl groups is 1. The van der Waals surface area contributed by atoms with Crippen LogP contribution in [0.25, 0.3) is 0 Å². The summed E-state index contributed by atoms with van der Waals surface area (Å²) in [5.74, 6) is 0.801. The Labute approximate surface area is 146 Å². The van der Waals surface area contributed by atoms with Crippen molar-refractivity contribution in [1.29, 1.82) is 0 Å². The molecular formula is C17H23N5O3. The van der Waals surface area contributed by atoms with Gasteiger partial charge in [0.05, 0.1) is 19.8 Å². The highest BCUT2D eigenvalue weighted by Crippen LogP contribution is 2.12. The molecule has 1 aromatic heterocycles. The first kappa shape index (κ1) is 18.6. The molecule has 0 spiro atoms. The summed E-state index contributed by atoms with van der Waals surface area (Å²) in [4.78, 5) is 20.5. The average Bonchev–Trinajstić information content (AvgIpc) is 2.54. The number of carbonyl (C=O) groups is 1. The second-order valence-corrected chi connectivity index (χ2v) is 5.43. The largest absolute Gasteiger partial charge is 0.394 e. The standard InChI is InChI=1S/C17H23N5O3/c1-12-4-3-5-14(10-12)20-17(24)22-16-19-13(2)11-15(21-16)18-6-8-25-9-7-23/h3-5,10-11,23H,6-9H2,1-2H3,(H3,18,19,20,21,22,24). The van der Waals surface area contributed by atoms with Gasteiger partial charge in [0.2, 0.25) is 5.95 Å². The highest BCUT2D eigenvalue weighted by atomic mass is 16.5. The third-order valence-electron chi connectivity index (χ3n) is 3.14. The lowest BCUT2D eigenvalue weighted by Crippen LogP contribution is -2.21. The van der Waals surface area contributed by atoms with E-state index in [9.17, 15) is 4.79 Å². The summed E-state index contributed by atoms with van der Waals surface area (Å²) in [7, 11) is 0. The third-order valence-corrected chi connectivity index (χ3v) is 3.14. The van der Waals surface area contributed by atoms with Crippen molar-refractivity contribution in [2.45, 2.75) is 13.8 Å². The lowest BCUT2D eigenvalue weighted by Gasteiger charge is -2.10. The van der Waals surface area contributed by atoms with Crippen molar-refractivity contribution in [2.24, 2.45) is 0 Å². The van der Waals surface area contributed by atoms with Crippen molar-refractivity contribution in [2.75, 3.05) is 42.3 Å². The molecule has 0 unspecified atom stereocenters. The maximum absolute atomic E-state index is 12.1. The van der Waals surface area contributed by atoms with E-state index in [0.29, 0.717) is 31.3 Å². The first-order chi connectivity index (χ1) is 12.1. The molecule has 0 radical (unpaired) electrons. The van der Waals surface area contributed by atoms with Gasteiger partial charge in [-0.05, 0) is 31.5 Å². The van der Waals surface area contributed by atoms with Gasteiger partial charge in [-0.15, -0.1) is 0 Å². The van der Waals surface area contributed by atoms with Gasteiger partial charge >= 0.3 is 6.03 Å². The Hall–Kier alpha value is -2.71. The van der Waals surface area contributed by atoms with Gasteiger partial charge in [-0.2, -0.15) is 4.98 Å². The number of hydrogen-bond donors (Lipinski definition) is 4. The van der Waals surface area contributed by atoms with E-state index in [1.165, 1.54) is 0 Å². The van der Waals surface area contributed by atoms with Gasteiger partial charge in [-0.3, -0.25) is 5.32 Å². The second kappa shape index (κ2) is 9.55. The predicted octanol–water partition coefficient (Wildman–Crippen LogP) is 2.16. The van der Waals surface area contributed by atoms with Gasteiger partial charge < -0.3 is 20.5 Å². The van der Waals surface area contributed by atoms with Crippen LogP contribution in [0.4, 0.5) is 22.2 Å². The van der Waals surface area contributed by atoms with E-state index in [2.05, 4.69) is 25.9 Å². The predicted molar refractivity (Wildman–Crippen MR) is 97.0 cm³/mol. The normalized spacial score (nSPS) is 10.4. The molecule has 25 heavy (non-hydrogen) atoms. The van der Waals surface area contributed by atoms with Crippen LogP contribution in [-0.2, 0) is 4.74 Å². The maximum atomic E-state index is 12.1. The molecule has 134 valence electrons. The molecule has 8 nitrogen and oxygen atoms in total. The number of anilines is 3. The fourth-order valence-electron chi connectivity index (χ4n) is 2.12. The maximum Gasteiger partial charge on any atom is 0.326 e. The number of rotatable bonds is 8. The highest BCUT2D eigenvalue weighted by molar-refractivity contribution is 5.98. The third kappa shape index (κ3) is 6.74. The summed E-state index contributed by atoms with van der Waals surface area (Å²) in [6, 6.07) is 8.87. The number of nitrogens with zero attached hydrogens (tertiary/aromatic N) is 2. The van der Waals surface area contributed by atoms with E-state index in [1.807, 2.05) is 38.1 Å². The summed E-state index contributed by atoms with van der Waals surface area (Å²) in [5.41, 5.74) is 2.48. The average molecular weight is 345 g/mol. The second-order valence-electron chi connectivity index (χ2n) is 5.43. The summed E-state index contributed by atoms with van der Waals surface area (Å²) >= 11 is 0. The van der Waals surface area contributed by atoms with Crippen LogP contribution >= 0.6 is 0 Å². The molecule has 0 saturated carbocycles. The molecular weight excluding hydrogens is 322 g/mol. The lowest BCUT2D eigenvalue weighted by atomic mass is 10.2. The van der Waals surface area contributed by atoms with E-state index in [4.69, 9.17) is 9.84 Å². The summed E-state index contributed by atoms with van der Waals surface area (Å²) in [6.07, 6.45) is 0. The minimum Gasteiger partial charge on any atom is -0.394 e. The minimum atomic E-state index is -0.409. The Morgan fingerprint density at radius 1 is 1.16 bits per heavy atom. The summed E-state index contributed by atoms with van der Waals surface area (Å²) < 4.78 is 5.17. The summed E-state index contributed by atoms with van der Waals surface area (Å²) in [5, 5.41) is 17.1. The molecule has 0 aliphatic rings. The molecule has 0 atom stereocenters. The molecule has 0 aliphatic heterocycles. The molecule has 2 aromatic rings. The number of carbonyl (C=O) groups excluding carboxylic acids is 1. The minimum absolute atomic E-state index is 0.00324. The van der Waals surface area contributed by atoms with Crippen molar-refractivity contribution in [3.63, 3.8) is 0 Å². The molecule has 0 fully saturated rings. The van der Waals surface area contributed by atoms with Crippen LogP contribution in [0.5, 0.6) is 0 Å². The zero-order valence-electron chi connectivity index (χ0n) is 14.4. The number of aromatic nitrogens is 2. The van der Waals surface area contributed by atoms with E-state index < -0.39 is 6.03 Å². The number of hydrogen-bond acceptors (Lipinski definition) is 6. The van der Waals surface area contributed by atoms with Crippen LogP contribution in [0.1, 0.15) is 11.3 Å². The Morgan fingerprint density at radius 2 is 2.00 bits per heavy atom. The van der Waals surface area contributed by atoms with Crippen LogP contribution in [-0.4, -0.2) is 47.5 Å². The summed E-state index contributed by atoms with van der Waals surface area (Å²) in [6.45, 7) is 5.05. The van der Waals surface area contributed by atoms with Crippen LogP contribution in [0.2, 0.25) is 0 Å². The van der Waals surface area contributed by atoms with Gasteiger partial charge in [-0.1, -0.05) is 12.1 Å². The molecule has 0 aliphatic carbocycles. The quantitative estimate of drug-likeness (QED) is 0.546. The van der Waals surface area contributed by atoms with E-state index in [-0.39, 0.29) is 12.6 Å². The molecule has 2 amide bonds. The fourth-order valence-corrected chi connectivity index (χ4v) is 2.12. The SMILES string of the molecule is Cc1cccc(NC(=O)Nc2nc(C)cc(NCCOCCO)n2)c1. The number of nitrogens with one attached hydrogen (secondary N) is 3. The first-order valence-electron chi connectivity index (χ1n) is 7.99. The Morgan fingerprint density at radius 3 is 2.76 bits per heavy atom. The highest BCUT2D eigenvalue weighted by Gasteiger charge is 2.07. The molecule has 8 heteroatoms. The smallest absolute Gasteiger partial charge is 0.326 e. The molecule has 2 rings (SSSR count). The van der Waals surface area contributed by atoms with Gasteiger partial charge in [0.15, 0.2) is 0 Å². The molecule has 1 aromatic carbocycles.